The van der Waals surface area contributed by atoms with Crippen LogP contribution in [-0.2, 0) is 23.2 Å². The van der Waals surface area contributed by atoms with E-state index in [0.29, 0.717) is 40.7 Å². The smallest absolute Gasteiger partial charge is 0.419 e. The molecule has 3 aromatic rings. The Morgan fingerprint density at radius 2 is 2.03 bits per heavy atom. The Labute approximate surface area is 214 Å². The number of nitrogens with zero attached hydrogens (tertiary/aromatic N) is 4. The first-order chi connectivity index (χ1) is 16.9. The quantitative estimate of drug-likeness (QED) is 0.422. The molecule has 0 unspecified atom stereocenters. The second kappa shape index (κ2) is 9.97. The minimum absolute atomic E-state index is 0.0560. The lowest BCUT2D eigenvalue weighted by atomic mass is 10.1. The van der Waals surface area contributed by atoms with Gasteiger partial charge in [-0.3, -0.25) is 9.40 Å². The highest BCUT2D eigenvalue weighted by molar-refractivity contribution is 7.98. The molecule has 0 amide bonds. The van der Waals surface area contributed by atoms with Crippen molar-refractivity contribution in [2.24, 2.45) is 7.05 Å². The van der Waals surface area contributed by atoms with Gasteiger partial charge in [0, 0.05) is 26.2 Å². The summed E-state index contributed by atoms with van der Waals surface area (Å²) in [5.74, 6) is -0.424. The standard InChI is InChI=1S/C22H22F3N5O3S3/c1-29-9-8-14(12-29)33-17-10-13(4-5-16(17)22(23,24)25)28-36(31,32)19-7-6-18(35-19)20-15(11-26)21(34-3)30(2)27-20/h4-7,10,14,28H,8-9,12H2,1-3H3/t14-/m1/s1. The fourth-order valence-electron chi connectivity index (χ4n) is 3.90. The lowest BCUT2D eigenvalue weighted by Gasteiger charge is -2.19. The van der Waals surface area contributed by atoms with Gasteiger partial charge in [0.2, 0.25) is 0 Å². The SMILES string of the molecule is CSc1c(C#N)c(-c2ccc(S(=O)(=O)Nc3ccc(C(F)(F)F)c(O[C@@H]4CCN(C)C4)c3)s2)nn1C. The molecule has 3 heterocycles. The number of benzene rings is 1. The van der Waals surface area contributed by atoms with E-state index in [-0.39, 0.29) is 9.90 Å². The Bertz CT molecular complexity index is 1430. The van der Waals surface area contributed by atoms with Gasteiger partial charge in [0.25, 0.3) is 10.0 Å². The summed E-state index contributed by atoms with van der Waals surface area (Å²) in [5.41, 5.74) is -0.324. The Morgan fingerprint density at radius 1 is 1.28 bits per heavy atom. The number of aromatic nitrogens is 2. The van der Waals surface area contributed by atoms with Crippen LogP contribution in [0.15, 0.2) is 39.6 Å². The highest BCUT2D eigenvalue weighted by Crippen LogP contribution is 2.40. The summed E-state index contributed by atoms with van der Waals surface area (Å²) in [4.78, 5) is 2.42. The Hall–Kier alpha value is -2.73. The highest BCUT2D eigenvalue weighted by atomic mass is 32.2. The van der Waals surface area contributed by atoms with Gasteiger partial charge in [-0.15, -0.1) is 23.1 Å². The summed E-state index contributed by atoms with van der Waals surface area (Å²) in [6.45, 7) is 1.17. The predicted molar refractivity (Wildman–Crippen MR) is 132 cm³/mol. The van der Waals surface area contributed by atoms with E-state index in [9.17, 15) is 26.9 Å². The molecule has 0 saturated carbocycles. The number of ether oxygens (including phenoxy) is 1. The molecule has 2 aromatic heterocycles. The average molecular weight is 558 g/mol. The van der Waals surface area contributed by atoms with Gasteiger partial charge in [0.15, 0.2) is 0 Å². The first-order valence-electron chi connectivity index (χ1n) is 10.6. The van der Waals surface area contributed by atoms with Crippen LogP contribution >= 0.6 is 23.1 Å². The molecule has 36 heavy (non-hydrogen) atoms. The van der Waals surface area contributed by atoms with Gasteiger partial charge in [-0.1, -0.05) is 0 Å². The molecule has 1 aromatic carbocycles. The van der Waals surface area contributed by atoms with Crippen LogP contribution in [0, 0.1) is 11.3 Å². The van der Waals surface area contributed by atoms with E-state index in [4.69, 9.17) is 4.74 Å². The zero-order valence-corrected chi connectivity index (χ0v) is 21.9. The van der Waals surface area contributed by atoms with Crippen molar-refractivity contribution in [3.8, 4) is 22.4 Å². The van der Waals surface area contributed by atoms with Crippen LogP contribution in [0.2, 0.25) is 0 Å². The van der Waals surface area contributed by atoms with E-state index in [1.807, 2.05) is 18.2 Å². The molecule has 1 fully saturated rings. The molecule has 1 N–H and O–H groups in total. The molecule has 14 heteroatoms. The largest absolute Gasteiger partial charge is 0.488 e. The molecule has 4 rings (SSSR count). The van der Waals surface area contributed by atoms with E-state index in [0.717, 1.165) is 29.5 Å². The fraction of sp³-hybridized carbons (Fsp3) is 0.364. The summed E-state index contributed by atoms with van der Waals surface area (Å²) in [6, 6.07) is 7.94. The van der Waals surface area contributed by atoms with Crippen molar-refractivity contribution in [1.29, 1.82) is 5.26 Å². The fourth-order valence-corrected chi connectivity index (χ4v) is 6.90. The summed E-state index contributed by atoms with van der Waals surface area (Å²) in [7, 11) is -0.590. The van der Waals surface area contributed by atoms with Gasteiger partial charge in [-0.25, -0.2) is 8.42 Å². The third-order valence-electron chi connectivity index (χ3n) is 5.56. The first kappa shape index (κ1) is 26.3. The molecule has 0 bridgehead atoms. The number of anilines is 1. The van der Waals surface area contributed by atoms with Crippen molar-refractivity contribution in [2.75, 3.05) is 31.1 Å². The zero-order chi connectivity index (χ0) is 26.3. The second-order valence-corrected chi connectivity index (χ2v) is 12.0. The van der Waals surface area contributed by atoms with Gasteiger partial charge in [-0.05, 0) is 44.0 Å². The van der Waals surface area contributed by atoms with E-state index >= 15 is 0 Å². The lowest BCUT2D eigenvalue weighted by molar-refractivity contribution is -0.139. The molecule has 1 atom stereocenters. The molecular weight excluding hydrogens is 535 g/mol. The minimum Gasteiger partial charge on any atom is -0.488 e. The Balaban J connectivity index is 1.62. The minimum atomic E-state index is -4.66. The van der Waals surface area contributed by atoms with Gasteiger partial charge in [-0.2, -0.15) is 23.5 Å². The summed E-state index contributed by atoms with van der Waals surface area (Å²) < 4.78 is 76.2. The molecule has 0 radical (unpaired) electrons. The number of hydrogen-bond acceptors (Lipinski definition) is 8. The summed E-state index contributed by atoms with van der Waals surface area (Å²) >= 11 is 2.26. The number of thioether (sulfide) groups is 1. The third-order valence-corrected chi connectivity index (χ3v) is 9.38. The monoisotopic (exact) mass is 557 g/mol. The van der Waals surface area contributed by atoms with E-state index in [1.165, 1.54) is 17.8 Å². The topological polar surface area (TPSA) is 100 Å². The Kier molecular flexibility index (Phi) is 7.29. The van der Waals surface area contributed by atoms with E-state index < -0.39 is 33.6 Å². The number of thiophene rings is 1. The number of alkyl halides is 3. The Morgan fingerprint density at radius 3 is 2.64 bits per heavy atom. The third kappa shape index (κ3) is 5.34. The van der Waals surface area contributed by atoms with Gasteiger partial charge in [0.1, 0.15) is 38.4 Å². The van der Waals surface area contributed by atoms with Crippen LogP contribution in [0.1, 0.15) is 17.5 Å². The van der Waals surface area contributed by atoms with Gasteiger partial charge < -0.3 is 9.64 Å². The van der Waals surface area contributed by atoms with Crippen molar-refractivity contribution >= 4 is 38.8 Å². The number of nitrogens with one attached hydrogen (secondary N) is 1. The van der Waals surface area contributed by atoms with Crippen LogP contribution in [0.3, 0.4) is 0 Å². The lowest BCUT2D eigenvalue weighted by Crippen LogP contribution is -2.23. The molecule has 0 spiro atoms. The molecule has 0 aliphatic carbocycles. The number of likely N-dealkylation sites (N-methyl/N-ethyl adjacent to an activating group) is 1. The molecule has 1 saturated heterocycles. The highest BCUT2D eigenvalue weighted by Gasteiger charge is 2.36. The maximum absolute atomic E-state index is 13.6. The number of hydrogen-bond donors (Lipinski definition) is 1. The van der Waals surface area contributed by atoms with Gasteiger partial charge >= 0.3 is 6.18 Å². The summed E-state index contributed by atoms with van der Waals surface area (Å²) in [5, 5.41) is 14.5. The molecule has 1 aliphatic heterocycles. The van der Waals surface area contributed by atoms with Crippen LogP contribution in [0.25, 0.3) is 10.6 Å². The average Bonchev–Trinajstić information content (AvgIpc) is 3.51. The maximum Gasteiger partial charge on any atom is 0.419 e. The first-order valence-corrected chi connectivity index (χ1v) is 14.2. The number of halogens is 3. The zero-order valence-electron chi connectivity index (χ0n) is 19.5. The normalized spacial score (nSPS) is 16.8. The molecular formula is C22H22F3N5O3S3. The predicted octanol–water partition coefficient (Wildman–Crippen LogP) is 4.64. The number of nitriles is 1. The maximum atomic E-state index is 13.6. The van der Waals surface area contributed by atoms with Crippen LogP contribution in [-0.4, -0.2) is 55.6 Å². The van der Waals surface area contributed by atoms with E-state index in [2.05, 4.69) is 15.9 Å². The van der Waals surface area contributed by atoms with Crippen molar-refractivity contribution in [3.05, 3.63) is 41.5 Å². The van der Waals surface area contributed by atoms with Crippen molar-refractivity contribution in [3.63, 3.8) is 0 Å². The number of sulfonamides is 1. The van der Waals surface area contributed by atoms with Crippen molar-refractivity contribution < 1.29 is 26.3 Å². The van der Waals surface area contributed by atoms with Crippen LogP contribution in [0.5, 0.6) is 5.75 Å². The second-order valence-electron chi connectivity index (χ2n) is 8.19. The summed E-state index contributed by atoms with van der Waals surface area (Å²) in [6.07, 6.45) is -2.71. The van der Waals surface area contributed by atoms with Crippen LogP contribution in [0.4, 0.5) is 18.9 Å². The molecule has 8 nitrogen and oxygen atoms in total. The number of rotatable bonds is 7. The van der Waals surface area contributed by atoms with Crippen molar-refractivity contribution in [2.45, 2.75) is 27.9 Å². The van der Waals surface area contributed by atoms with Crippen molar-refractivity contribution in [1.82, 2.24) is 14.7 Å². The van der Waals surface area contributed by atoms with E-state index in [1.54, 1.807) is 17.8 Å². The molecule has 1 aliphatic rings. The van der Waals surface area contributed by atoms with Crippen LogP contribution < -0.4 is 9.46 Å². The number of aryl methyl sites for hydroxylation is 1. The number of likely N-dealkylation sites (tertiary alicyclic amines) is 1. The van der Waals surface area contributed by atoms with Gasteiger partial charge in [0.05, 0.1) is 16.1 Å². The molecule has 192 valence electrons.